The van der Waals surface area contributed by atoms with Gasteiger partial charge in [-0.15, -0.1) is 11.3 Å². The van der Waals surface area contributed by atoms with Gasteiger partial charge in [-0.25, -0.2) is 9.97 Å². The van der Waals surface area contributed by atoms with Crippen LogP contribution in [0.25, 0.3) is 10.2 Å². The number of thiophene rings is 1. The summed E-state index contributed by atoms with van der Waals surface area (Å²) in [6.07, 6.45) is 4.06. The van der Waals surface area contributed by atoms with Crippen LogP contribution in [-0.4, -0.2) is 27.1 Å². The molecule has 2 aromatic heterocycles. The number of aryl methyl sites for hydroxylation is 3. The standard InChI is InChI=1S/C14H17N3O2S/c1-3-10-16-12(15-7(2)14(18)19)11-8-5-4-6-9(8)20-13(11)17-10/h7H,3-6H2,1-2H3,(H,18,19)(H,15,16,17)/t7-/m0/s1. The molecule has 106 valence electrons. The summed E-state index contributed by atoms with van der Waals surface area (Å²) in [5.74, 6) is 0.570. The van der Waals surface area contributed by atoms with Crippen molar-refractivity contribution in [1.29, 1.82) is 0 Å². The molecule has 6 heteroatoms. The fraction of sp³-hybridized carbons (Fsp3) is 0.500. The largest absolute Gasteiger partial charge is 0.480 e. The maximum atomic E-state index is 11.1. The van der Waals surface area contributed by atoms with Crippen LogP contribution in [0.4, 0.5) is 5.82 Å². The van der Waals surface area contributed by atoms with Crippen LogP contribution >= 0.6 is 11.3 Å². The van der Waals surface area contributed by atoms with E-state index in [4.69, 9.17) is 5.11 Å². The molecule has 0 aliphatic heterocycles. The zero-order valence-corrected chi connectivity index (χ0v) is 12.4. The van der Waals surface area contributed by atoms with Crippen molar-refractivity contribution >= 4 is 33.3 Å². The number of anilines is 1. The van der Waals surface area contributed by atoms with E-state index in [1.165, 1.54) is 16.9 Å². The number of nitrogens with zero attached hydrogens (tertiary/aromatic N) is 2. The van der Waals surface area contributed by atoms with Crippen molar-refractivity contribution in [2.45, 2.75) is 45.6 Å². The molecule has 2 N–H and O–H groups in total. The van der Waals surface area contributed by atoms with Crippen LogP contribution in [0.15, 0.2) is 0 Å². The lowest BCUT2D eigenvalue weighted by Crippen LogP contribution is -2.26. The van der Waals surface area contributed by atoms with Crippen molar-refractivity contribution < 1.29 is 9.90 Å². The molecule has 0 spiro atoms. The highest BCUT2D eigenvalue weighted by Crippen LogP contribution is 2.39. The lowest BCUT2D eigenvalue weighted by atomic mass is 10.2. The topological polar surface area (TPSA) is 75.1 Å². The van der Waals surface area contributed by atoms with Crippen molar-refractivity contribution in [2.24, 2.45) is 0 Å². The van der Waals surface area contributed by atoms with Gasteiger partial charge < -0.3 is 10.4 Å². The van der Waals surface area contributed by atoms with Gasteiger partial charge in [0.05, 0.1) is 5.39 Å². The number of carboxylic acids is 1. The highest BCUT2D eigenvalue weighted by atomic mass is 32.1. The number of hydrogen-bond donors (Lipinski definition) is 2. The molecule has 0 radical (unpaired) electrons. The van der Waals surface area contributed by atoms with Crippen LogP contribution in [-0.2, 0) is 24.1 Å². The Morgan fingerprint density at radius 2 is 2.25 bits per heavy atom. The third-order valence-corrected chi connectivity index (χ3v) is 4.84. The number of rotatable bonds is 4. The quantitative estimate of drug-likeness (QED) is 0.905. The lowest BCUT2D eigenvalue weighted by Gasteiger charge is -2.12. The Kier molecular flexibility index (Phi) is 3.33. The SMILES string of the molecule is CCc1nc(N[C@@H](C)C(=O)O)c2c3c(sc2n1)CCC3. The minimum Gasteiger partial charge on any atom is -0.480 e. The second kappa shape index (κ2) is 5.01. The van der Waals surface area contributed by atoms with Gasteiger partial charge in [0.1, 0.15) is 22.5 Å². The Balaban J connectivity index is 2.14. The number of aliphatic carboxylic acids is 1. The Morgan fingerprint density at radius 3 is 2.95 bits per heavy atom. The molecule has 0 amide bonds. The molecular formula is C14H17N3O2S. The van der Waals surface area contributed by atoms with Crippen LogP contribution in [0, 0.1) is 0 Å². The summed E-state index contributed by atoms with van der Waals surface area (Å²) >= 11 is 1.73. The molecule has 0 bridgehead atoms. The number of carboxylic acid groups (broad SMARTS) is 1. The van der Waals surface area contributed by atoms with Crippen LogP contribution in [0.5, 0.6) is 0 Å². The first-order chi connectivity index (χ1) is 9.60. The molecular weight excluding hydrogens is 274 g/mol. The van der Waals surface area contributed by atoms with Crippen molar-refractivity contribution in [3.8, 4) is 0 Å². The van der Waals surface area contributed by atoms with E-state index in [2.05, 4.69) is 15.3 Å². The minimum absolute atomic E-state index is 0.658. The van der Waals surface area contributed by atoms with E-state index in [0.717, 1.165) is 35.3 Å². The van der Waals surface area contributed by atoms with Crippen LogP contribution < -0.4 is 5.32 Å². The van der Waals surface area contributed by atoms with Gasteiger partial charge in [-0.3, -0.25) is 4.79 Å². The van der Waals surface area contributed by atoms with E-state index in [1.54, 1.807) is 18.3 Å². The average Bonchev–Trinajstić information content (AvgIpc) is 2.97. The predicted molar refractivity (Wildman–Crippen MR) is 79.5 cm³/mol. The summed E-state index contributed by atoms with van der Waals surface area (Å²) in [5.41, 5.74) is 1.31. The monoisotopic (exact) mass is 291 g/mol. The molecule has 0 aromatic carbocycles. The van der Waals surface area contributed by atoms with E-state index < -0.39 is 12.0 Å². The van der Waals surface area contributed by atoms with Crippen LogP contribution in [0.3, 0.4) is 0 Å². The number of nitrogens with one attached hydrogen (secondary N) is 1. The van der Waals surface area contributed by atoms with Gasteiger partial charge in [-0.05, 0) is 31.7 Å². The van der Waals surface area contributed by atoms with Crippen LogP contribution in [0.1, 0.15) is 36.5 Å². The summed E-state index contributed by atoms with van der Waals surface area (Å²) < 4.78 is 0. The summed E-state index contributed by atoms with van der Waals surface area (Å²) in [7, 11) is 0. The van der Waals surface area contributed by atoms with Gasteiger partial charge in [0.15, 0.2) is 0 Å². The smallest absolute Gasteiger partial charge is 0.325 e. The summed E-state index contributed by atoms with van der Waals surface area (Å²) in [6, 6.07) is -0.658. The second-order valence-corrected chi connectivity index (χ2v) is 6.17. The zero-order chi connectivity index (χ0) is 14.3. The van der Waals surface area contributed by atoms with Crippen LogP contribution in [0.2, 0.25) is 0 Å². The van der Waals surface area contributed by atoms with Gasteiger partial charge in [-0.2, -0.15) is 0 Å². The molecule has 2 aromatic rings. The Labute approximate surface area is 121 Å². The molecule has 0 saturated heterocycles. The molecule has 20 heavy (non-hydrogen) atoms. The van der Waals surface area contributed by atoms with Crippen molar-refractivity contribution in [3.63, 3.8) is 0 Å². The van der Waals surface area contributed by atoms with E-state index in [9.17, 15) is 4.79 Å². The molecule has 0 saturated carbocycles. The lowest BCUT2D eigenvalue weighted by molar-refractivity contribution is -0.137. The maximum Gasteiger partial charge on any atom is 0.325 e. The molecule has 1 aliphatic carbocycles. The maximum absolute atomic E-state index is 11.1. The molecule has 0 fully saturated rings. The van der Waals surface area contributed by atoms with Gasteiger partial charge in [-0.1, -0.05) is 6.92 Å². The highest BCUT2D eigenvalue weighted by molar-refractivity contribution is 7.19. The third-order valence-electron chi connectivity index (χ3n) is 3.65. The van der Waals surface area contributed by atoms with E-state index in [0.29, 0.717) is 5.82 Å². The zero-order valence-electron chi connectivity index (χ0n) is 11.6. The Bertz CT molecular complexity index is 681. The van der Waals surface area contributed by atoms with Crippen molar-refractivity contribution in [3.05, 3.63) is 16.3 Å². The first-order valence-corrected chi connectivity index (χ1v) is 7.72. The average molecular weight is 291 g/mol. The minimum atomic E-state index is -0.873. The highest BCUT2D eigenvalue weighted by Gasteiger charge is 2.23. The fourth-order valence-electron chi connectivity index (χ4n) is 2.57. The predicted octanol–water partition coefficient (Wildman–Crippen LogP) is 2.63. The molecule has 1 aliphatic rings. The van der Waals surface area contributed by atoms with Crippen molar-refractivity contribution in [1.82, 2.24) is 9.97 Å². The van der Waals surface area contributed by atoms with E-state index in [-0.39, 0.29) is 0 Å². The van der Waals surface area contributed by atoms with Gasteiger partial charge >= 0.3 is 5.97 Å². The summed E-state index contributed by atoms with van der Waals surface area (Å²) in [5, 5.41) is 13.1. The number of aromatic nitrogens is 2. The Morgan fingerprint density at radius 1 is 1.45 bits per heavy atom. The summed E-state index contributed by atoms with van der Waals surface area (Å²) in [6.45, 7) is 3.64. The van der Waals surface area contributed by atoms with Gasteiger partial charge in [0, 0.05) is 11.3 Å². The molecule has 1 atom stereocenters. The van der Waals surface area contributed by atoms with E-state index in [1.807, 2.05) is 6.92 Å². The first kappa shape index (κ1) is 13.3. The molecule has 0 unspecified atom stereocenters. The molecule has 3 rings (SSSR count). The normalized spacial score (nSPS) is 15.3. The van der Waals surface area contributed by atoms with Gasteiger partial charge in [0.2, 0.25) is 0 Å². The number of fused-ring (bicyclic) bond motifs is 3. The van der Waals surface area contributed by atoms with Gasteiger partial charge in [0.25, 0.3) is 0 Å². The first-order valence-electron chi connectivity index (χ1n) is 6.90. The third kappa shape index (κ3) is 2.14. The van der Waals surface area contributed by atoms with Crippen molar-refractivity contribution in [2.75, 3.05) is 5.32 Å². The molecule has 5 nitrogen and oxygen atoms in total. The second-order valence-electron chi connectivity index (χ2n) is 5.08. The molecule has 2 heterocycles. The summed E-state index contributed by atoms with van der Waals surface area (Å²) in [4.78, 5) is 22.5. The number of hydrogen-bond acceptors (Lipinski definition) is 5. The fourth-order valence-corrected chi connectivity index (χ4v) is 3.85. The van der Waals surface area contributed by atoms with E-state index >= 15 is 0 Å². The number of carbonyl (C=O) groups is 1. The Hall–Kier alpha value is -1.69.